The van der Waals surface area contributed by atoms with Gasteiger partial charge >= 0.3 is 0 Å². The lowest BCUT2D eigenvalue weighted by Gasteiger charge is -2.43. The summed E-state index contributed by atoms with van der Waals surface area (Å²) in [6.07, 6.45) is 0. The quantitative estimate of drug-likeness (QED) is 0.338. The summed E-state index contributed by atoms with van der Waals surface area (Å²) in [5.41, 5.74) is 2.06. The minimum absolute atomic E-state index is 0.335. The molecule has 0 fully saturated rings. The van der Waals surface area contributed by atoms with Crippen molar-refractivity contribution in [3.8, 4) is 0 Å². The number of hydrogen-bond donors (Lipinski definition) is 0. The van der Waals surface area contributed by atoms with Crippen molar-refractivity contribution in [3.63, 3.8) is 0 Å². The lowest BCUT2D eigenvalue weighted by Crippen LogP contribution is -2.45. The standard InChI is InChI=1S/C27H34O3SSi/c1-21-17-19-24(20-18-21)31(28,29)26(23-15-11-8-12-16-23)25(22-13-9-7-10-14-22)27(2,3)30-32(4,5)6/h7-20,25-26H,1-6H3/t25-,26-/m1/s1. The predicted octanol–water partition coefficient (Wildman–Crippen LogP) is 6.92. The van der Waals surface area contributed by atoms with Crippen molar-refractivity contribution in [2.24, 2.45) is 0 Å². The molecule has 0 heterocycles. The molecule has 0 radical (unpaired) electrons. The van der Waals surface area contributed by atoms with Gasteiger partial charge in [0.15, 0.2) is 18.2 Å². The minimum atomic E-state index is -3.72. The Bertz CT molecular complexity index is 1120. The minimum Gasteiger partial charge on any atom is -0.412 e. The average Bonchev–Trinajstić information content (AvgIpc) is 2.71. The fraction of sp³-hybridized carbons (Fsp3) is 0.333. The zero-order chi connectivity index (χ0) is 23.6. The molecule has 5 heteroatoms. The Labute approximate surface area is 194 Å². The Morgan fingerprint density at radius 2 is 1.22 bits per heavy atom. The third-order valence-corrected chi connectivity index (χ3v) is 8.87. The highest BCUT2D eigenvalue weighted by atomic mass is 32.2. The van der Waals surface area contributed by atoms with Crippen molar-refractivity contribution in [2.75, 3.05) is 0 Å². The third kappa shape index (κ3) is 5.58. The Morgan fingerprint density at radius 3 is 1.69 bits per heavy atom. The van der Waals surface area contributed by atoms with E-state index < -0.39 is 34.9 Å². The first-order valence-corrected chi connectivity index (χ1v) is 16.0. The van der Waals surface area contributed by atoms with E-state index in [4.69, 9.17) is 4.43 Å². The number of sulfone groups is 1. The molecule has 3 nitrogen and oxygen atoms in total. The monoisotopic (exact) mass is 466 g/mol. The summed E-state index contributed by atoms with van der Waals surface area (Å²) in [6, 6.07) is 26.6. The topological polar surface area (TPSA) is 43.4 Å². The van der Waals surface area contributed by atoms with Gasteiger partial charge in [0, 0.05) is 5.92 Å². The zero-order valence-electron chi connectivity index (χ0n) is 19.9. The zero-order valence-corrected chi connectivity index (χ0v) is 21.7. The van der Waals surface area contributed by atoms with Crippen LogP contribution < -0.4 is 0 Å². The van der Waals surface area contributed by atoms with Crippen LogP contribution in [0.3, 0.4) is 0 Å². The molecule has 0 saturated carbocycles. The summed E-state index contributed by atoms with van der Waals surface area (Å²) >= 11 is 0. The first-order valence-electron chi connectivity index (χ1n) is 11.0. The van der Waals surface area contributed by atoms with Crippen LogP contribution in [0.5, 0.6) is 0 Å². The molecule has 0 N–H and O–H groups in total. The van der Waals surface area contributed by atoms with E-state index in [2.05, 4.69) is 19.6 Å². The smallest absolute Gasteiger partial charge is 0.186 e. The summed E-state index contributed by atoms with van der Waals surface area (Å²) in [4.78, 5) is 0.335. The maximum atomic E-state index is 14.2. The Kier molecular flexibility index (Phi) is 7.13. The fourth-order valence-electron chi connectivity index (χ4n) is 4.52. The molecule has 0 saturated heterocycles. The van der Waals surface area contributed by atoms with E-state index in [1.807, 2.05) is 93.6 Å². The highest BCUT2D eigenvalue weighted by molar-refractivity contribution is 7.91. The summed E-state index contributed by atoms with van der Waals surface area (Å²) < 4.78 is 35.1. The Balaban J connectivity index is 2.29. The molecule has 170 valence electrons. The van der Waals surface area contributed by atoms with Crippen molar-refractivity contribution in [2.45, 2.75) is 62.1 Å². The third-order valence-electron chi connectivity index (χ3n) is 5.59. The van der Waals surface area contributed by atoms with E-state index in [1.54, 1.807) is 12.1 Å². The van der Waals surface area contributed by atoms with E-state index >= 15 is 0 Å². The normalized spacial score (nSPS) is 14.7. The molecule has 3 aromatic carbocycles. The van der Waals surface area contributed by atoms with Gasteiger partial charge in [-0.25, -0.2) is 8.42 Å². The van der Waals surface area contributed by atoms with Gasteiger partial charge < -0.3 is 4.43 Å². The predicted molar refractivity (Wildman–Crippen MR) is 135 cm³/mol. The molecular formula is C27H34O3SSi. The van der Waals surface area contributed by atoms with E-state index in [1.165, 1.54) is 0 Å². The van der Waals surface area contributed by atoms with Gasteiger partial charge in [-0.05, 0) is 63.7 Å². The van der Waals surface area contributed by atoms with Crippen LogP contribution in [-0.2, 0) is 14.3 Å². The average molecular weight is 467 g/mol. The number of benzene rings is 3. The molecule has 32 heavy (non-hydrogen) atoms. The summed E-state index contributed by atoms with van der Waals surface area (Å²) in [6.45, 7) is 12.4. The first-order chi connectivity index (χ1) is 14.9. The van der Waals surface area contributed by atoms with E-state index in [-0.39, 0.29) is 0 Å². The van der Waals surface area contributed by atoms with E-state index in [0.717, 1.165) is 16.7 Å². The van der Waals surface area contributed by atoms with Crippen LogP contribution in [0.4, 0.5) is 0 Å². The molecule has 0 aliphatic carbocycles. The van der Waals surface area contributed by atoms with Gasteiger partial charge in [0.1, 0.15) is 5.25 Å². The second-order valence-electron chi connectivity index (χ2n) is 9.90. The van der Waals surface area contributed by atoms with Crippen molar-refractivity contribution in [1.82, 2.24) is 0 Å². The second kappa shape index (κ2) is 9.34. The molecule has 0 aliphatic heterocycles. The first kappa shape index (κ1) is 24.4. The van der Waals surface area contributed by atoms with Crippen LogP contribution in [0.1, 0.15) is 41.7 Å². The number of rotatable bonds is 8. The molecule has 0 spiro atoms. The largest absolute Gasteiger partial charge is 0.412 e. The SMILES string of the molecule is Cc1ccc(S(=O)(=O)[C@H](c2ccccc2)[C@@H](c2ccccc2)C(C)(C)O[Si](C)(C)C)cc1. The van der Waals surface area contributed by atoms with E-state index in [9.17, 15) is 8.42 Å². The molecule has 0 unspecified atom stereocenters. The van der Waals surface area contributed by atoms with E-state index in [0.29, 0.717) is 4.90 Å². The van der Waals surface area contributed by atoms with Gasteiger partial charge in [-0.15, -0.1) is 0 Å². The van der Waals surface area contributed by atoms with Crippen LogP contribution >= 0.6 is 0 Å². The highest BCUT2D eigenvalue weighted by Crippen LogP contribution is 2.48. The highest BCUT2D eigenvalue weighted by Gasteiger charge is 2.46. The van der Waals surface area contributed by atoms with Crippen LogP contribution in [0, 0.1) is 6.92 Å². The maximum Gasteiger partial charge on any atom is 0.186 e. The van der Waals surface area contributed by atoms with Crippen molar-refractivity contribution in [1.29, 1.82) is 0 Å². The summed E-state index contributed by atoms with van der Waals surface area (Å²) in [7, 11) is -5.70. The van der Waals surface area contributed by atoms with Crippen LogP contribution in [0.15, 0.2) is 89.8 Å². The van der Waals surface area contributed by atoms with Crippen LogP contribution in [0.25, 0.3) is 0 Å². The molecular weight excluding hydrogens is 432 g/mol. The molecule has 0 amide bonds. The molecule has 0 bridgehead atoms. The van der Waals surface area contributed by atoms with Crippen LogP contribution in [0.2, 0.25) is 19.6 Å². The molecule has 3 rings (SSSR count). The van der Waals surface area contributed by atoms with Crippen molar-refractivity contribution in [3.05, 3.63) is 102 Å². The van der Waals surface area contributed by atoms with Gasteiger partial charge in [0.05, 0.1) is 10.5 Å². The molecule has 0 aliphatic rings. The second-order valence-corrected chi connectivity index (χ2v) is 16.4. The lowest BCUT2D eigenvalue weighted by molar-refractivity contribution is 0.0671. The van der Waals surface area contributed by atoms with Crippen molar-refractivity contribution < 1.29 is 12.8 Å². The van der Waals surface area contributed by atoms with Gasteiger partial charge in [-0.2, -0.15) is 0 Å². The summed E-state index contributed by atoms with van der Waals surface area (Å²) in [5, 5.41) is -0.792. The lowest BCUT2D eigenvalue weighted by atomic mass is 9.80. The Hall–Kier alpha value is -2.21. The Morgan fingerprint density at radius 1 is 0.750 bits per heavy atom. The molecule has 3 aromatic rings. The fourth-order valence-corrected chi connectivity index (χ4v) is 8.39. The van der Waals surface area contributed by atoms with Gasteiger partial charge in [0.2, 0.25) is 0 Å². The van der Waals surface area contributed by atoms with Crippen LogP contribution in [-0.4, -0.2) is 22.3 Å². The van der Waals surface area contributed by atoms with Gasteiger partial charge in [-0.3, -0.25) is 0 Å². The molecule has 2 atom stereocenters. The summed E-state index contributed by atoms with van der Waals surface area (Å²) in [5.74, 6) is -0.399. The molecule has 0 aromatic heterocycles. The van der Waals surface area contributed by atoms with Gasteiger partial charge in [-0.1, -0.05) is 78.4 Å². The van der Waals surface area contributed by atoms with Gasteiger partial charge in [0.25, 0.3) is 0 Å². The maximum absolute atomic E-state index is 14.2. The number of hydrogen-bond acceptors (Lipinski definition) is 3. The van der Waals surface area contributed by atoms with Crippen molar-refractivity contribution >= 4 is 18.2 Å². The number of aryl methyl sites for hydroxylation is 1.